The van der Waals surface area contributed by atoms with Crippen LogP contribution in [0, 0.1) is 0 Å². The fourth-order valence-corrected chi connectivity index (χ4v) is 3.51. The molecule has 0 spiro atoms. The Labute approximate surface area is 127 Å². The van der Waals surface area contributed by atoms with Gasteiger partial charge in [0.2, 0.25) is 5.91 Å². The van der Waals surface area contributed by atoms with Crippen LogP contribution in [0.3, 0.4) is 0 Å². The van der Waals surface area contributed by atoms with Gasteiger partial charge in [-0.1, -0.05) is 6.42 Å². The Morgan fingerprint density at radius 3 is 3.18 bits per heavy atom. The van der Waals surface area contributed by atoms with E-state index >= 15 is 0 Å². The summed E-state index contributed by atoms with van der Waals surface area (Å²) in [5.74, 6) is 1.31. The van der Waals surface area contributed by atoms with Crippen molar-refractivity contribution in [2.45, 2.75) is 44.6 Å². The SMILES string of the molecule is CC(=O)N[C@@H]1CCC[C@@H](c2nnc3cnc4[nH]ccc4n23)C1. The van der Waals surface area contributed by atoms with Crippen LogP contribution < -0.4 is 5.32 Å². The van der Waals surface area contributed by atoms with Crippen molar-refractivity contribution in [2.75, 3.05) is 0 Å². The second-order valence-corrected chi connectivity index (χ2v) is 5.98. The first-order chi connectivity index (χ1) is 10.7. The summed E-state index contributed by atoms with van der Waals surface area (Å²) in [6, 6.07) is 2.23. The highest BCUT2D eigenvalue weighted by Crippen LogP contribution is 2.33. The molecule has 1 saturated carbocycles. The van der Waals surface area contributed by atoms with Crippen molar-refractivity contribution in [1.29, 1.82) is 0 Å². The van der Waals surface area contributed by atoms with E-state index in [1.165, 1.54) is 0 Å². The summed E-state index contributed by atoms with van der Waals surface area (Å²) in [4.78, 5) is 18.8. The van der Waals surface area contributed by atoms with Crippen molar-refractivity contribution in [1.82, 2.24) is 29.9 Å². The van der Waals surface area contributed by atoms with E-state index in [0.29, 0.717) is 5.92 Å². The Morgan fingerprint density at radius 2 is 2.32 bits per heavy atom. The van der Waals surface area contributed by atoms with Gasteiger partial charge in [0.15, 0.2) is 11.3 Å². The lowest BCUT2D eigenvalue weighted by atomic mass is 9.85. The zero-order chi connectivity index (χ0) is 15.1. The molecule has 2 N–H and O–H groups in total. The van der Waals surface area contributed by atoms with E-state index in [1.807, 2.05) is 12.3 Å². The van der Waals surface area contributed by atoms with Crippen LogP contribution in [-0.4, -0.2) is 36.5 Å². The molecule has 7 heteroatoms. The van der Waals surface area contributed by atoms with Crippen molar-refractivity contribution in [2.24, 2.45) is 0 Å². The molecular weight excluding hydrogens is 280 g/mol. The molecule has 0 aliphatic heterocycles. The molecule has 0 aromatic carbocycles. The molecule has 114 valence electrons. The Morgan fingerprint density at radius 1 is 1.41 bits per heavy atom. The third kappa shape index (κ3) is 2.13. The van der Waals surface area contributed by atoms with Crippen molar-refractivity contribution in [3.8, 4) is 0 Å². The van der Waals surface area contributed by atoms with Crippen molar-refractivity contribution in [3.63, 3.8) is 0 Å². The minimum Gasteiger partial charge on any atom is -0.354 e. The first-order valence-electron chi connectivity index (χ1n) is 7.66. The summed E-state index contributed by atoms with van der Waals surface area (Å²) in [5, 5.41) is 11.7. The summed E-state index contributed by atoms with van der Waals surface area (Å²) >= 11 is 0. The standard InChI is InChI=1S/C15H18N6O/c1-9(22)18-11-4-2-3-10(7-11)15-20-19-13-8-17-14-12(21(13)15)5-6-16-14/h5-6,8,10-11,16H,2-4,7H2,1H3,(H,18,22)/t10-,11-/m1/s1. The molecule has 1 amide bonds. The van der Waals surface area contributed by atoms with Crippen LogP contribution in [0.4, 0.5) is 0 Å². The molecule has 1 fully saturated rings. The maximum absolute atomic E-state index is 11.3. The van der Waals surface area contributed by atoms with Crippen LogP contribution in [0.15, 0.2) is 18.5 Å². The van der Waals surface area contributed by atoms with E-state index < -0.39 is 0 Å². The van der Waals surface area contributed by atoms with Crippen LogP contribution in [0.2, 0.25) is 0 Å². The summed E-state index contributed by atoms with van der Waals surface area (Å²) < 4.78 is 2.08. The highest BCUT2D eigenvalue weighted by molar-refractivity contribution is 5.74. The number of carbonyl (C=O) groups excluding carboxylic acids is 1. The molecule has 7 nitrogen and oxygen atoms in total. The zero-order valence-corrected chi connectivity index (χ0v) is 12.4. The monoisotopic (exact) mass is 298 g/mol. The summed E-state index contributed by atoms with van der Waals surface area (Å²) in [6.45, 7) is 1.57. The molecule has 1 aliphatic rings. The fraction of sp³-hybridized carbons (Fsp3) is 0.467. The van der Waals surface area contributed by atoms with Gasteiger partial charge in [0, 0.05) is 25.1 Å². The van der Waals surface area contributed by atoms with Gasteiger partial charge in [-0.3, -0.25) is 9.20 Å². The number of rotatable bonds is 2. The van der Waals surface area contributed by atoms with E-state index in [2.05, 4.69) is 29.9 Å². The second kappa shape index (κ2) is 5.08. The summed E-state index contributed by atoms with van der Waals surface area (Å²) in [6.07, 6.45) is 7.73. The number of aromatic nitrogens is 5. The number of hydrogen-bond donors (Lipinski definition) is 2. The average molecular weight is 298 g/mol. The fourth-order valence-electron chi connectivity index (χ4n) is 3.51. The lowest BCUT2D eigenvalue weighted by molar-refractivity contribution is -0.119. The molecule has 3 aromatic heterocycles. The number of amides is 1. The molecule has 22 heavy (non-hydrogen) atoms. The highest BCUT2D eigenvalue weighted by atomic mass is 16.1. The second-order valence-electron chi connectivity index (χ2n) is 5.98. The lowest BCUT2D eigenvalue weighted by Gasteiger charge is -2.28. The lowest BCUT2D eigenvalue weighted by Crippen LogP contribution is -2.36. The number of H-pyrrole nitrogens is 1. The molecular formula is C15H18N6O. The van der Waals surface area contributed by atoms with E-state index in [4.69, 9.17) is 0 Å². The largest absolute Gasteiger partial charge is 0.354 e. The van der Waals surface area contributed by atoms with Crippen LogP contribution in [-0.2, 0) is 4.79 Å². The van der Waals surface area contributed by atoms with Crippen LogP contribution in [0.5, 0.6) is 0 Å². The average Bonchev–Trinajstić information content (AvgIpc) is 3.12. The van der Waals surface area contributed by atoms with E-state index in [0.717, 1.165) is 48.3 Å². The third-order valence-corrected chi connectivity index (χ3v) is 4.41. The Kier molecular flexibility index (Phi) is 3.06. The van der Waals surface area contributed by atoms with Crippen LogP contribution >= 0.6 is 0 Å². The minimum absolute atomic E-state index is 0.0361. The predicted octanol–water partition coefficient (Wildman–Crippen LogP) is 1.77. The van der Waals surface area contributed by atoms with Crippen LogP contribution in [0.1, 0.15) is 44.3 Å². The van der Waals surface area contributed by atoms with Crippen molar-refractivity contribution < 1.29 is 4.79 Å². The van der Waals surface area contributed by atoms with E-state index in [1.54, 1.807) is 13.1 Å². The van der Waals surface area contributed by atoms with Gasteiger partial charge >= 0.3 is 0 Å². The van der Waals surface area contributed by atoms with Gasteiger partial charge in [-0.05, 0) is 25.3 Å². The van der Waals surface area contributed by atoms with Gasteiger partial charge in [-0.2, -0.15) is 0 Å². The third-order valence-electron chi connectivity index (χ3n) is 4.41. The van der Waals surface area contributed by atoms with Gasteiger partial charge in [-0.25, -0.2) is 4.98 Å². The van der Waals surface area contributed by atoms with E-state index in [-0.39, 0.29) is 11.9 Å². The predicted molar refractivity (Wildman–Crippen MR) is 81.5 cm³/mol. The molecule has 4 rings (SSSR count). The number of aromatic amines is 1. The highest BCUT2D eigenvalue weighted by Gasteiger charge is 2.27. The Hall–Kier alpha value is -2.44. The topological polar surface area (TPSA) is 88.0 Å². The molecule has 2 atom stereocenters. The van der Waals surface area contributed by atoms with Crippen molar-refractivity contribution >= 4 is 22.7 Å². The molecule has 0 unspecified atom stereocenters. The Bertz CT molecular complexity index is 835. The number of fused-ring (bicyclic) bond motifs is 3. The maximum Gasteiger partial charge on any atom is 0.217 e. The smallest absolute Gasteiger partial charge is 0.217 e. The summed E-state index contributed by atoms with van der Waals surface area (Å²) in [5.41, 5.74) is 2.60. The zero-order valence-electron chi connectivity index (χ0n) is 12.4. The Balaban J connectivity index is 1.74. The van der Waals surface area contributed by atoms with Gasteiger partial charge in [0.25, 0.3) is 0 Å². The normalized spacial score (nSPS) is 22.2. The maximum atomic E-state index is 11.3. The first-order valence-corrected chi connectivity index (χ1v) is 7.66. The van der Waals surface area contributed by atoms with Gasteiger partial charge in [0.05, 0.1) is 11.7 Å². The number of carbonyl (C=O) groups is 1. The number of hydrogen-bond acceptors (Lipinski definition) is 4. The summed E-state index contributed by atoms with van der Waals surface area (Å²) in [7, 11) is 0. The minimum atomic E-state index is 0.0361. The molecule has 3 heterocycles. The number of nitrogens with one attached hydrogen (secondary N) is 2. The van der Waals surface area contributed by atoms with Crippen molar-refractivity contribution in [3.05, 3.63) is 24.3 Å². The van der Waals surface area contributed by atoms with Gasteiger partial charge in [0.1, 0.15) is 5.82 Å². The van der Waals surface area contributed by atoms with E-state index in [9.17, 15) is 4.79 Å². The van der Waals surface area contributed by atoms with Gasteiger partial charge in [-0.15, -0.1) is 10.2 Å². The molecule has 0 saturated heterocycles. The molecule has 3 aromatic rings. The van der Waals surface area contributed by atoms with Crippen LogP contribution in [0.25, 0.3) is 16.8 Å². The quantitative estimate of drug-likeness (QED) is 0.754. The first kappa shape index (κ1) is 13.2. The number of nitrogens with zero attached hydrogens (tertiary/aromatic N) is 4. The molecule has 0 radical (unpaired) electrons. The van der Waals surface area contributed by atoms with Gasteiger partial charge < -0.3 is 10.3 Å². The molecule has 0 bridgehead atoms. The molecule has 1 aliphatic carbocycles.